The minimum Gasteiger partial charge on any atom is -0.480 e. The lowest BCUT2D eigenvalue weighted by Crippen LogP contribution is -2.23. The lowest BCUT2D eigenvalue weighted by atomic mass is 10.1. The molecule has 0 aliphatic carbocycles. The summed E-state index contributed by atoms with van der Waals surface area (Å²) < 4.78 is 49.4. The molecule has 0 amide bonds. The van der Waals surface area contributed by atoms with Crippen molar-refractivity contribution in [3.8, 4) is 23.3 Å². The monoisotopic (exact) mass is 445 g/mol. The molecule has 9 heteroatoms. The number of ether oxygens (including phenoxy) is 2. The first kappa shape index (κ1) is 22.9. The Morgan fingerprint density at radius 3 is 2.48 bits per heavy atom. The first-order valence-corrected chi connectivity index (χ1v) is 9.36. The van der Waals surface area contributed by atoms with Crippen molar-refractivity contribution >= 4 is 28.4 Å². The van der Waals surface area contributed by atoms with Gasteiger partial charge in [0.05, 0.1) is 16.1 Å². The fourth-order valence-corrected chi connectivity index (χ4v) is 2.78. The van der Waals surface area contributed by atoms with Crippen molar-refractivity contribution in [2.75, 3.05) is 0 Å². The van der Waals surface area contributed by atoms with Gasteiger partial charge in [0.1, 0.15) is 23.3 Å². The smallest absolute Gasteiger partial charge is 0.416 e. The third-order valence-electron chi connectivity index (χ3n) is 3.90. The number of hydrogen-bond acceptors (Lipinski definition) is 4. The van der Waals surface area contributed by atoms with Gasteiger partial charge in [-0.2, -0.15) is 18.4 Å². The molecule has 0 saturated carbocycles. The molecule has 154 valence electrons. The molecule has 0 radical (unpaired) electrons. The summed E-state index contributed by atoms with van der Waals surface area (Å²) in [4.78, 5) is 11.6. The van der Waals surface area contributed by atoms with Crippen LogP contribution in [0.15, 0.2) is 36.4 Å². The third kappa shape index (κ3) is 6.28. The molecule has 0 bridgehead atoms. The van der Waals surface area contributed by atoms with E-state index in [2.05, 4.69) is 0 Å². The maximum Gasteiger partial charge on any atom is 0.416 e. The van der Waals surface area contributed by atoms with E-state index < -0.39 is 23.1 Å². The highest BCUT2D eigenvalue weighted by Crippen LogP contribution is 2.37. The van der Waals surface area contributed by atoms with Gasteiger partial charge in [-0.15, -0.1) is 0 Å². The summed E-state index contributed by atoms with van der Waals surface area (Å²) >= 11 is 11.5. The van der Waals surface area contributed by atoms with Crippen LogP contribution in [0.25, 0.3) is 0 Å². The van der Waals surface area contributed by atoms with Crippen molar-refractivity contribution in [2.24, 2.45) is 0 Å². The number of carbonyl (C=O) groups is 1. The van der Waals surface area contributed by atoms with Crippen molar-refractivity contribution in [3.05, 3.63) is 52.5 Å². The Bertz CT molecular complexity index is 926. The topological polar surface area (TPSA) is 59.3 Å². The minimum absolute atomic E-state index is 0.00808. The molecule has 2 aromatic rings. The molecular formula is C20H16Cl2F3NO3. The number of nitriles is 1. The Hall–Kier alpha value is -2.43. The summed E-state index contributed by atoms with van der Waals surface area (Å²) in [5.41, 5.74) is -0.756. The molecular weight excluding hydrogens is 430 g/mol. The Balaban J connectivity index is 2.28. The quantitative estimate of drug-likeness (QED) is 0.422. The number of halogens is 5. The van der Waals surface area contributed by atoms with Crippen molar-refractivity contribution in [2.45, 2.75) is 38.5 Å². The summed E-state index contributed by atoms with van der Waals surface area (Å²) in [6.45, 7) is 1.94. The molecule has 0 aliphatic heterocycles. The zero-order valence-electron chi connectivity index (χ0n) is 15.2. The highest BCUT2D eigenvalue weighted by Gasteiger charge is 2.31. The predicted octanol–water partition coefficient (Wildman–Crippen LogP) is 6.73. The maximum atomic E-state index is 12.8. The molecule has 2 aromatic carbocycles. The second-order valence-corrected chi connectivity index (χ2v) is 6.85. The van der Waals surface area contributed by atoms with E-state index in [4.69, 9.17) is 32.7 Å². The number of hydrogen-bond donors (Lipinski definition) is 0. The van der Waals surface area contributed by atoms with Crippen LogP contribution in [0.5, 0.6) is 17.2 Å². The molecule has 29 heavy (non-hydrogen) atoms. The molecule has 1 atom stereocenters. The molecule has 4 nitrogen and oxygen atoms in total. The standard InChI is InChI=1S/C20H16Cl2F3NO3/c1-2-3-4-17(19(22)27)29-18-10-14(7-5-12(18)11-26)28-16-8-6-13(9-15(16)21)20(23,24)25/h5-10,17H,2-4H2,1H3. The van der Waals surface area contributed by atoms with Gasteiger partial charge in [0.2, 0.25) is 0 Å². The first-order valence-electron chi connectivity index (χ1n) is 8.60. The summed E-state index contributed by atoms with van der Waals surface area (Å²) in [6.07, 6.45) is -3.57. The lowest BCUT2D eigenvalue weighted by molar-refractivity contribution is -0.137. The van der Waals surface area contributed by atoms with Crippen molar-refractivity contribution in [1.82, 2.24) is 0 Å². The summed E-state index contributed by atoms with van der Waals surface area (Å²) in [6, 6.07) is 8.81. The average molecular weight is 446 g/mol. The van der Waals surface area contributed by atoms with Gasteiger partial charge in [-0.25, -0.2) is 0 Å². The van der Waals surface area contributed by atoms with E-state index in [1.165, 1.54) is 18.2 Å². The number of unbranched alkanes of at least 4 members (excludes halogenated alkanes) is 1. The number of carbonyl (C=O) groups excluding carboxylic acids is 1. The van der Waals surface area contributed by atoms with Gasteiger partial charge in [-0.05, 0) is 54.8 Å². The van der Waals surface area contributed by atoms with Gasteiger partial charge in [-0.1, -0.05) is 24.9 Å². The molecule has 2 rings (SSSR count). The first-order chi connectivity index (χ1) is 13.7. The van der Waals surface area contributed by atoms with Crippen LogP contribution in [0.2, 0.25) is 5.02 Å². The van der Waals surface area contributed by atoms with Crippen LogP contribution in [-0.4, -0.2) is 11.3 Å². The number of alkyl halides is 3. The third-order valence-corrected chi connectivity index (χ3v) is 4.44. The highest BCUT2D eigenvalue weighted by atomic mass is 35.5. The fraction of sp³-hybridized carbons (Fsp3) is 0.300. The van der Waals surface area contributed by atoms with Gasteiger partial charge in [0.15, 0.2) is 6.10 Å². The summed E-state index contributed by atoms with van der Waals surface area (Å²) in [7, 11) is 0. The van der Waals surface area contributed by atoms with E-state index in [9.17, 15) is 23.2 Å². The molecule has 1 unspecified atom stereocenters. The zero-order chi connectivity index (χ0) is 21.6. The maximum absolute atomic E-state index is 12.8. The number of rotatable bonds is 8. The van der Waals surface area contributed by atoms with Crippen LogP contribution in [0.1, 0.15) is 37.3 Å². The molecule has 0 saturated heterocycles. The van der Waals surface area contributed by atoms with Crippen LogP contribution >= 0.6 is 23.2 Å². The van der Waals surface area contributed by atoms with Gasteiger partial charge in [0, 0.05) is 6.07 Å². The molecule has 0 fully saturated rings. The fourth-order valence-electron chi connectivity index (χ4n) is 2.40. The van der Waals surface area contributed by atoms with E-state index in [1.54, 1.807) is 0 Å². The van der Waals surface area contributed by atoms with E-state index in [-0.39, 0.29) is 27.8 Å². The second kappa shape index (κ2) is 9.86. The number of nitrogens with zero attached hydrogens (tertiary/aromatic N) is 1. The van der Waals surface area contributed by atoms with Crippen LogP contribution < -0.4 is 9.47 Å². The van der Waals surface area contributed by atoms with Gasteiger partial charge in [0.25, 0.3) is 5.24 Å². The lowest BCUT2D eigenvalue weighted by Gasteiger charge is -2.17. The summed E-state index contributed by atoms with van der Waals surface area (Å²) in [5.74, 6) is 0.228. The average Bonchev–Trinajstić information content (AvgIpc) is 2.65. The van der Waals surface area contributed by atoms with E-state index in [1.807, 2.05) is 13.0 Å². The summed E-state index contributed by atoms with van der Waals surface area (Å²) in [5, 5.41) is 8.33. The molecule has 0 heterocycles. The van der Waals surface area contributed by atoms with Crippen LogP contribution in [0.3, 0.4) is 0 Å². The predicted molar refractivity (Wildman–Crippen MR) is 102 cm³/mol. The Labute approximate surface area is 175 Å². The second-order valence-electron chi connectivity index (χ2n) is 6.07. The minimum atomic E-state index is -4.53. The molecule has 0 aliphatic rings. The van der Waals surface area contributed by atoms with E-state index in [0.717, 1.165) is 24.6 Å². The highest BCUT2D eigenvalue weighted by molar-refractivity contribution is 6.64. The molecule has 0 spiro atoms. The normalized spacial score (nSPS) is 12.2. The zero-order valence-corrected chi connectivity index (χ0v) is 16.7. The van der Waals surface area contributed by atoms with E-state index in [0.29, 0.717) is 12.8 Å². The van der Waals surface area contributed by atoms with Gasteiger partial charge in [-0.3, -0.25) is 4.79 Å². The van der Waals surface area contributed by atoms with Crippen LogP contribution in [-0.2, 0) is 11.0 Å². The van der Waals surface area contributed by atoms with Gasteiger partial charge >= 0.3 is 6.18 Å². The Morgan fingerprint density at radius 2 is 1.93 bits per heavy atom. The van der Waals surface area contributed by atoms with Gasteiger partial charge < -0.3 is 9.47 Å². The van der Waals surface area contributed by atoms with Crippen molar-refractivity contribution in [1.29, 1.82) is 5.26 Å². The van der Waals surface area contributed by atoms with Crippen LogP contribution in [0, 0.1) is 11.3 Å². The number of benzene rings is 2. The molecule has 0 N–H and O–H groups in total. The molecule has 0 aromatic heterocycles. The van der Waals surface area contributed by atoms with Crippen molar-refractivity contribution < 1.29 is 27.4 Å². The Morgan fingerprint density at radius 1 is 1.21 bits per heavy atom. The van der Waals surface area contributed by atoms with Crippen LogP contribution in [0.4, 0.5) is 13.2 Å². The Kier molecular flexibility index (Phi) is 7.77. The largest absolute Gasteiger partial charge is 0.480 e. The van der Waals surface area contributed by atoms with Crippen molar-refractivity contribution in [3.63, 3.8) is 0 Å². The van der Waals surface area contributed by atoms with E-state index >= 15 is 0 Å². The SMILES string of the molecule is CCCCC(Oc1cc(Oc2ccc(C(F)(F)F)cc2Cl)ccc1C#N)C(=O)Cl.